The number of amides is 2. The lowest BCUT2D eigenvalue weighted by Gasteiger charge is -2.43. The molecule has 4 rings (SSSR count). The number of ether oxygens (including phenoxy) is 1. The molecule has 146 valence electrons. The fraction of sp³-hybridized carbons (Fsp3) is 0.700. The summed E-state index contributed by atoms with van der Waals surface area (Å²) in [4.78, 5) is 35.0. The molecule has 1 aromatic heterocycles. The van der Waals surface area contributed by atoms with Crippen LogP contribution in [0.5, 0.6) is 0 Å². The Morgan fingerprint density at radius 2 is 2.04 bits per heavy atom. The molecule has 0 unspecified atom stereocenters. The number of fused-ring (bicyclic) bond motifs is 1. The summed E-state index contributed by atoms with van der Waals surface area (Å²) in [5.74, 6) is 0.473. The van der Waals surface area contributed by atoms with Gasteiger partial charge in [-0.05, 0) is 44.1 Å². The molecule has 0 aromatic carbocycles. The first kappa shape index (κ1) is 18.3. The van der Waals surface area contributed by atoms with E-state index < -0.39 is 0 Å². The zero-order chi connectivity index (χ0) is 18.6. The van der Waals surface area contributed by atoms with Gasteiger partial charge >= 0.3 is 0 Å². The Bertz CT molecular complexity index is 664. The van der Waals surface area contributed by atoms with Crippen LogP contribution in [0.4, 0.5) is 0 Å². The van der Waals surface area contributed by atoms with E-state index in [9.17, 15) is 9.59 Å². The number of nitrogens with zero attached hydrogens (tertiary/aromatic N) is 3. The van der Waals surface area contributed by atoms with Crippen LogP contribution in [0.25, 0.3) is 0 Å². The molecule has 7 nitrogen and oxygen atoms in total. The van der Waals surface area contributed by atoms with Crippen molar-refractivity contribution in [3.8, 4) is 0 Å². The van der Waals surface area contributed by atoms with E-state index in [0.29, 0.717) is 32.0 Å². The predicted molar refractivity (Wildman–Crippen MR) is 98.7 cm³/mol. The van der Waals surface area contributed by atoms with Crippen molar-refractivity contribution in [1.82, 2.24) is 20.2 Å². The molecule has 3 aliphatic rings. The number of aryl methyl sites for hydroxylation is 1. The van der Waals surface area contributed by atoms with Crippen LogP contribution in [-0.2, 0) is 20.7 Å². The number of aromatic nitrogens is 2. The van der Waals surface area contributed by atoms with E-state index >= 15 is 0 Å². The van der Waals surface area contributed by atoms with Gasteiger partial charge in [0.1, 0.15) is 6.33 Å². The SMILES string of the molecule is O=C(NC1CCC1)[C@@H]1CO[C@@H]2CCN(C(=O)CCc3cncnc3)C[C@@H]2C1. The maximum Gasteiger partial charge on any atom is 0.225 e. The average molecular weight is 372 g/mol. The molecule has 0 radical (unpaired) electrons. The number of carbonyl (C=O) groups is 2. The van der Waals surface area contributed by atoms with Gasteiger partial charge in [0.05, 0.1) is 18.6 Å². The Morgan fingerprint density at radius 3 is 2.78 bits per heavy atom. The second kappa shape index (κ2) is 8.33. The maximum atomic E-state index is 12.6. The number of hydrogen-bond donors (Lipinski definition) is 1. The van der Waals surface area contributed by atoms with Crippen molar-refractivity contribution in [3.05, 3.63) is 24.3 Å². The Labute approximate surface area is 159 Å². The minimum atomic E-state index is -0.0802. The summed E-state index contributed by atoms with van der Waals surface area (Å²) in [5.41, 5.74) is 0.981. The smallest absolute Gasteiger partial charge is 0.225 e. The lowest BCUT2D eigenvalue weighted by Crippen LogP contribution is -2.53. The molecule has 0 bridgehead atoms. The van der Waals surface area contributed by atoms with Crippen LogP contribution in [0.1, 0.15) is 44.1 Å². The van der Waals surface area contributed by atoms with Gasteiger partial charge in [-0.1, -0.05) is 0 Å². The van der Waals surface area contributed by atoms with Gasteiger partial charge in [-0.3, -0.25) is 9.59 Å². The molecular formula is C20H28N4O3. The van der Waals surface area contributed by atoms with Gasteiger partial charge in [-0.25, -0.2) is 9.97 Å². The summed E-state index contributed by atoms with van der Waals surface area (Å²) in [5, 5.41) is 3.14. The van der Waals surface area contributed by atoms with E-state index in [4.69, 9.17) is 4.74 Å². The van der Waals surface area contributed by atoms with Crippen molar-refractivity contribution in [1.29, 1.82) is 0 Å². The molecule has 1 N–H and O–H groups in total. The highest BCUT2D eigenvalue weighted by Crippen LogP contribution is 2.32. The van der Waals surface area contributed by atoms with E-state index in [1.165, 1.54) is 12.7 Å². The quantitative estimate of drug-likeness (QED) is 0.843. The van der Waals surface area contributed by atoms with Crippen molar-refractivity contribution in [2.75, 3.05) is 19.7 Å². The third-order valence-corrected chi connectivity index (χ3v) is 6.18. The van der Waals surface area contributed by atoms with Gasteiger partial charge in [-0.2, -0.15) is 0 Å². The predicted octanol–water partition coefficient (Wildman–Crippen LogP) is 1.33. The molecule has 7 heteroatoms. The van der Waals surface area contributed by atoms with E-state index in [1.54, 1.807) is 12.4 Å². The number of likely N-dealkylation sites (tertiary alicyclic amines) is 1. The third-order valence-electron chi connectivity index (χ3n) is 6.18. The normalized spacial score (nSPS) is 28.1. The summed E-state index contributed by atoms with van der Waals surface area (Å²) >= 11 is 0. The van der Waals surface area contributed by atoms with E-state index in [1.807, 2.05) is 4.90 Å². The number of carbonyl (C=O) groups excluding carboxylic acids is 2. The third kappa shape index (κ3) is 4.46. The Morgan fingerprint density at radius 1 is 1.22 bits per heavy atom. The summed E-state index contributed by atoms with van der Waals surface area (Å²) < 4.78 is 5.99. The summed E-state index contributed by atoms with van der Waals surface area (Å²) in [6, 6.07) is 0.363. The zero-order valence-electron chi connectivity index (χ0n) is 15.7. The first-order chi connectivity index (χ1) is 13.2. The number of nitrogens with one attached hydrogen (secondary N) is 1. The number of rotatable bonds is 5. The minimum Gasteiger partial charge on any atom is -0.377 e. The molecule has 1 saturated carbocycles. The van der Waals surface area contributed by atoms with Gasteiger partial charge in [0.25, 0.3) is 0 Å². The molecule has 2 saturated heterocycles. The summed E-state index contributed by atoms with van der Waals surface area (Å²) in [6.45, 7) is 1.95. The highest BCUT2D eigenvalue weighted by atomic mass is 16.5. The van der Waals surface area contributed by atoms with Crippen molar-refractivity contribution < 1.29 is 14.3 Å². The van der Waals surface area contributed by atoms with Crippen LogP contribution in [0, 0.1) is 11.8 Å². The number of hydrogen-bond acceptors (Lipinski definition) is 5. The molecule has 3 heterocycles. The highest BCUT2D eigenvalue weighted by molar-refractivity contribution is 5.79. The molecule has 0 spiro atoms. The minimum absolute atomic E-state index is 0.0802. The van der Waals surface area contributed by atoms with Crippen LogP contribution in [-0.4, -0.2) is 58.5 Å². The lowest BCUT2D eigenvalue weighted by molar-refractivity contribution is -0.146. The van der Waals surface area contributed by atoms with Crippen LogP contribution in [0.2, 0.25) is 0 Å². The Balaban J connectivity index is 1.27. The average Bonchev–Trinajstić information content (AvgIpc) is 2.68. The Hall–Kier alpha value is -2.02. The summed E-state index contributed by atoms with van der Waals surface area (Å²) in [7, 11) is 0. The fourth-order valence-corrected chi connectivity index (χ4v) is 4.28. The molecule has 27 heavy (non-hydrogen) atoms. The molecule has 1 aromatic rings. The zero-order valence-corrected chi connectivity index (χ0v) is 15.7. The standard InChI is InChI=1S/C20H28N4O3/c25-19(5-4-14-9-21-13-22-10-14)24-7-6-18-15(11-24)8-16(12-27-18)20(26)23-17-2-1-3-17/h9-10,13,15-18H,1-8,11-12H2,(H,23,26)/t15-,16-,18+/m0/s1. The maximum absolute atomic E-state index is 12.6. The summed E-state index contributed by atoms with van der Waals surface area (Å²) in [6.07, 6.45) is 11.4. The highest BCUT2D eigenvalue weighted by Gasteiger charge is 2.39. The largest absolute Gasteiger partial charge is 0.377 e. The van der Waals surface area contributed by atoms with Gasteiger partial charge in [0, 0.05) is 43.9 Å². The van der Waals surface area contributed by atoms with Crippen LogP contribution in [0.3, 0.4) is 0 Å². The van der Waals surface area contributed by atoms with Crippen molar-refractivity contribution >= 4 is 11.8 Å². The van der Waals surface area contributed by atoms with E-state index in [2.05, 4.69) is 15.3 Å². The second-order valence-electron chi connectivity index (χ2n) is 8.08. The number of piperidine rings is 1. The van der Waals surface area contributed by atoms with Gasteiger partial charge in [-0.15, -0.1) is 0 Å². The van der Waals surface area contributed by atoms with Crippen LogP contribution < -0.4 is 5.32 Å². The Kier molecular flexibility index (Phi) is 5.66. The van der Waals surface area contributed by atoms with Gasteiger partial charge < -0.3 is 15.0 Å². The van der Waals surface area contributed by atoms with Gasteiger partial charge in [0.15, 0.2) is 0 Å². The topological polar surface area (TPSA) is 84.4 Å². The van der Waals surface area contributed by atoms with Gasteiger partial charge in [0.2, 0.25) is 11.8 Å². The van der Waals surface area contributed by atoms with Crippen molar-refractivity contribution in [3.63, 3.8) is 0 Å². The fourth-order valence-electron chi connectivity index (χ4n) is 4.28. The van der Waals surface area contributed by atoms with Crippen molar-refractivity contribution in [2.45, 2.75) is 57.1 Å². The van der Waals surface area contributed by atoms with E-state index in [-0.39, 0.29) is 29.8 Å². The second-order valence-corrected chi connectivity index (χ2v) is 8.08. The molecule has 2 amide bonds. The van der Waals surface area contributed by atoms with Crippen LogP contribution >= 0.6 is 0 Å². The lowest BCUT2D eigenvalue weighted by atomic mass is 9.82. The first-order valence-electron chi connectivity index (χ1n) is 10.1. The van der Waals surface area contributed by atoms with Crippen molar-refractivity contribution in [2.24, 2.45) is 11.8 Å². The molecule has 1 aliphatic carbocycles. The molecular weight excluding hydrogens is 344 g/mol. The molecule has 3 atom stereocenters. The molecule has 2 aliphatic heterocycles. The molecule has 3 fully saturated rings. The monoisotopic (exact) mass is 372 g/mol. The first-order valence-corrected chi connectivity index (χ1v) is 10.1. The van der Waals surface area contributed by atoms with Crippen LogP contribution in [0.15, 0.2) is 18.7 Å². The van der Waals surface area contributed by atoms with E-state index in [0.717, 1.165) is 37.8 Å².